The van der Waals surface area contributed by atoms with Crippen LogP contribution in [0.15, 0.2) is 71.5 Å². The highest BCUT2D eigenvalue weighted by molar-refractivity contribution is 7.94. The molecule has 0 unspecified atom stereocenters. The third-order valence-electron chi connectivity index (χ3n) is 7.72. The van der Waals surface area contributed by atoms with Gasteiger partial charge in [0, 0.05) is 30.8 Å². The minimum Gasteiger partial charge on any atom is -0.325 e. The summed E-state index contributed by atoms with van der Waals surface area (Å²) in [6.07, 6.45) is 2.53. The van der Waals surface area contributed by atoms with Crippen molar-refractivity contribution in [2.75, 3.05) is 17.1 Å². The molecule has 44 heavy (non-hydrogen) atoms. The average Bonchev–Trinajstić information content (AvgIpc) is 2.97. The van der Waals surface area contributed by atoms with Gasteiger partial charge in [0.25, 0.3) is 5.56 Å². The smallest absolute Gasteiger partial charge is 0.321 e. The largest absolute Gasteiger partial charge is 0.325 e. The molecule has 3 aromatic carbocycles. The van der Waals surface area contributed by atoms with Crippen LogP contribution < -0.4 is 15.6 Å². The summed E-state index contributed by atoms with van der Waals surface area (Å²) in [7, 11) is -1.88. The Morgan fingerprint density at radius 1 is 1.02 bits per heavy atom. The molecule has 1 aromatic heterocycles. The molecule has 4 aromatic rings. The Hall–Kier alpha value is -4.18. The van der Waals surface area contributed by atoms with Gasteiger partial charge >= 0.3 is 6.03 Å². The highest BCUT2D eigenvalue weighted by Gasteiger charge is 2.29. The molecule has 10 heteroatoms. The molecule has 0 aliphatic rings. The van der Waals surface area contributed by atoms with E-state index in [0.717, 1.165) is 29.5 Å². The first-order chi connectivity index (χ1) is 20.7. The molecule has 0 fully saturated rings. The van der Waals surface area contributed by atoms with Crippen LogP contribution >= 0.6 is 0 Å². The van der Waals surface area contributed by atoms with E-state index in [9.17, 15) is 18.0 Å². The maximum absolute atomic E-state index is 13.9. The molecule has 2 N–H and O–H groups in total. The molecule has 0 aliphatic heterocycles. The number of hydrogen-bond donors (Lipinski definition) is 2. The maximum atomic E-state index is 13.9. The van der Waals surface area contributed by atoms with Crippen molar-refractivity contribution < 1.29 is 13.2 Å². The van der Waals surface area contributed by atoms with E-state index in [1.807, 2.05) is 50.2 Å². The fraction of sp³-hybridized carbons (Fsp3) is 0.382. The van der Waals surface area contributed by atoms with Crippen molar-refractivity contribution in [3.05, 3.63) is 88.5 Å². The number of unbranched alkanes of at least 4 members (excludes halogenated alkanes) is 1. The molecule has 0 atom stereocenters. The Morgan fingerprint density at radius 3 is 2.34 bits per heavy atom. The van der Waals surface area contributed by atoms with Gasteiger partial charge in [-0.15, -0.1) is 0 Å². The molecule has 2 amide bonds. The molecule has 4 rings (SSSR count). The molecule has 0 bridgehead atoms. The minimum atomic E-state index is -3.60. The summed E-state index contributed by atoms with van der Waals surface area (Å²) in [4.78, 5) is 32.9. The van der Waals surface area contributed by atoms with Gasteiger partial charge in [0.05, 0.1) is 27.9 Å². The standard InChI is InChI=1S/C34H43N5O4S/c1-8-9-14-31-36-29-20-19-26(35-33(41)38(7)23(2)3)21-28(29)32(40)39(31)22-24-15-17-25(18-16-24)27-12-10-11-13-30(27)37-44(42,43)34(4,5)6/h10-13,15-21,23,37H,8-9,14,22H2,1-7H3,(H,35,41). The van der Waals surface area contributed by atoms with Crippen molar-refractivity contribution in [2.45, 2.75) is 78.1 Å². The highest BCUT2D eigenvalue weighted by Crippen LogP contribution is 2.31. The summed E-state index contributed by atoms with van der Waals surface area (Å²) in [6, 6.07) is 20.1. The highest BCUT2D eigenvalue weighted by atomic mass is 32.2. The van der Waals surface area contributed by atoms with Crippen LogP contribution in [0.25, 0.3) is 22.0 Å². The van der Waals surface area contributed by atoms with Crippen molar-refractivity contribution >= 4 is 38.3 Å². The number of hydrogen-bond acceptors (Lipinski definition) is 5. The van der Waals surface area contributed by atoms with Crippen LogP contribution in [0.5, 0.6) is 0 Å². The number of aromatic nitrogens is 2. The number of para-hydroxylation sites is 1. The Bertz CT molecular complexity index is 1810. The molecule has 9 nitrogen and oxygen atoms in total. The lowest BCUT2D eigenvalue weighted by atomic mass is 10.0. The molecule has 0 saturated heterocycles. The van der Waals surface area contributed by atoms with Crippen LogP contribution in [-0.4, -0.2) is 46.7 Å². The summed E-state index contributed by atoms with van der Waals surface area (Å²) < 4.78 is 29.2. The van der Waals surface area contributed by atoms with E-state index in [1.54, 1.807) is 67.6 Å². The van der Waals surface area contributed by atoms with E-state index < -0.39 is 14.8 Å². The number of anilines is 2. The van der Waals surface area contributed by atoms with Crippen LogP contribution in [0.3, 0.4) is 0 Å². The van der Waals surface area contributed by atoms with E-state index in [-0.39, 0.29) is 17.6 Å². The van der Waals surface area contributed by atoms with Gasteiger partial charge < -0.3 is 10.2 Å². The van der Waals surface area contributed by atoms with E-state index in [4.69, 9.17) is 4.98 Å². The third kappa shape index (κ3) is 7.30. The number of sulfonamides is 1. The molecule has 0 spiro atoms. The zero-order chi connectivity index (χ0) is 32.2. The molecule has 0 saturated carbocycles. The molecular formula is C34H43N5O4S. The first-order valence-electron chi connectivity index (χ1n) is 15.0. The van der Waals surface area contributed by atoms with Gasteiger partial charge in [-0.2, -0.15) is 0 Å². The van der Waals surface area contributed by atoms with Crippen LogP contribution in [0.1, 0.15) is 65.8 Å². The molecular weight excluding hydrogens is 574 g/mol. The van der Waals surface area contributed by atoms with Gasteiger partial charge in [-0.1, -0.05) is 55.8 Å². The summed E-state index contributed by atoms with van der Waals surface area (Å²) in [5.41, 5.74) is 3.99. The van der Waals surface area contributed by atoms with Crippen molar-refractivity contribution in [1.82, 2.24) is 14.5 Å². The van der Waals surface area contributed by atoms with E-state index >= 15 is 0 Å². The topological polar surface area (TPSA) is 113 Å². The second-order valence-electron chi connectivity index (χ2n) is 12.3. The molecule has 234 valence electrons. The lowest BCUT2D eigenvalue weighted by molar-refractivity contribution is 0.211. The summed E-state index contributed by atoms with van der Waals surface area (Å²) in [5, 5.41) is 3.31. The van der Waals surface area contributed by atoms with E-state index in [1.165, 1.54) is 0 Å². The number of benzene rings is 3. The monoisotopic (exact) mass is 617 g/mol. The fourth-order valence-electron chi connectivity index (χ4n) is 4.57. The van der Waals surface area contributed by atoms with Crippen LogP contribution in [0.2, 0.25) is 0 Å². The number of fused-ring (bicyclic) bond motifs is 1. The first kappa shape index (κ1) is 32.7. The van der Waals surface area contributed by atoms with Crippen molar-refractivity contribution in [3.63, 3.8) is 0 Å². The zero-order valence-electron chi connectivity index (χ0n) is 26.6. The van der Waals surface area contributed by atoms with Gasteiger partial charge in [0.1, 0.15) is 5.82 Å². The summed E-state index contributed by atoms with van der Waals surface area (Å²) in [5.74, 6) is 0.715. The van der Waals surface area contributed by atoms with Crippen LogP contribution in [-0.2, 0) is 23.0 Å². The number of aryl methyl sites for hydroxylation is 1. The fourth-order valence-corrected chi connectivity index (χ4v) is 5.35. The quantitative estimate of drug-likeness (QED) is 0.202. The number of nitrogens with one attached hydrogen (secondary N) is 2. The number of nitrogens with zero attached hydrogens (tertiary/aromatic N) is 3. The van der Waals surface area contributed by atoms with Crippen molar-refractivity contribution in [2.24, 2.45) is 0 Å². The number of carbonyl (C=O) groups excluding carboxylic acids is 1. The van der Waals surface area contributed by atoms with Crippen molar-refractivity contribution in [1.29, 1.82) is 0 Å². The Morgan fingerprint density at radius 2 is 1.70 bits per heavy atom. The minimum absolute atomic E-state index is 0.0307. The van der Waals surface area contributed by atoms with Gasteiger partial charge in [-0.05, 0) is 76.4 Å². The number of amides is 2. The summed E-state index contributed by atoms with van der Waals surface area (Å²) in [6.45, 7) is 11.3. The number of urea groups is 1. The molecule has 0 radical (unpaired) electrons. The second-order valence-corrected chi connectivity index (χ2v) is 14.8. The van der Waals surface area contributed by atoms with Gasteiger partial charge in [0.15, 0.2) is 0 Å². The predicted octanol–water partition coefficient (Wildman–Crippen LogP) is 6.87. The maximum Gasteiger partial charge on any atom is 0.321 e. The Balaban J connectivity index is 1.67. The average molecular weight is 618 g/mol. The lowest BCUT2D eigenvalue weighted by Gasteiger charge is -2.22. The van der Waals surface area contributed by atoms with Crippen LogP contribution in [0, 0.1) is 0 Å². The number of rotatable bonds is 10. The Kier molecular flexibility index (Phi) is 9.83. The summed E-state index contributed by atoms with van der Waals surface area (Å²) >= 11 is 0. The normalized spacial score (nSPS) is 12.0. The first-order valence-corrected chi connectivity index (χ1v) is 16.5. The van der Waals surface area contributed by atoms with Crippen molar-refractivity contribution in [3.8, 4) is 11.1 Å². The molecule has 1 heterocycles. The zero-order valence-corrected chi connectivity index (χ0v) is 27.5. The molecule has 0 aliphatic carbocycles. The third-order valence-corrected chi connectivity index (χ3v) is 9.82. The van der Waals surface area contributed by atoms with Gasteiger partial charge in [0.2, 0.25) is 10.0 Å². The lowest BCUT2D eigenvalue weighted by Crippen LogP contribution is -2.36. The predicted molar refractivity (Wildman–Crippen MR) is 180 cm³/mol. The Labute approximate surface area is 260 Å². The van der Waals surface area contributed by atoms with Gasteiger partial charge in [-0.25, -0.2) is 18.2 Å². The van der Waals surface area contributed by atoms with E-state index in [2.05, 4.69) is 17.0 Å². The van der Waals surface area contributed by atoms with E-state index in [0.29, 0.717) is 41.1 Å². The van der Waals surface area contributed by atoms with Gasteiger partial charge in [-0.3, -0.25) is 14.1 Å². The SMILES string of the molecule is CCCCc1nc2ccc(NC(=O)N(C)C(C)C)cc2c(=O)n1Cc1ccc(-c2ccccc2NS(=O)(=O)C(C)(C)C)cc1. The second kappa shape index (κ2) is 13.2. The number of carbonyl (C=O) groups is 1. The van der Waals surface area contributed by atoms with Crippen LogP contribution in [0.4, 0.5) is 16.2 Å².